The molecule has 224 valence electrons. The third-order valence-corrected chi connectivity index (χ3v) is 9.09. The summed E-state index contributed by atoms with van der Waals surface area (Å²) in [6, 6.07) is 31.7. The molecule has 2 amide bonds. The van der Waals surface area contributed by atoms with Crippen LogP contribution in [0.1, 0.15) is 36.1 Å². The van der Waals surface area contributed by atoms with Crippen LogP contribution in [-0.2, 0) is 39.0 Å². The highest BCUT2D eigenvalue weighted by atomic mass is 32.2. The maximum atomic E-state index is 14.4. The highest BCUT2D eigenvalue weighted by Crippen LogP contribution is 2.25. The fraction of sp³-hybridized carbons (Fsp3) is 0.257. The maximum absolute atomic E-state index is 14.4. The van der Waals surface area contributed by atoms with Crippen molar-refractivity contribution in [2.45, 2.75) is 51.1 Å². The van der Waals surface area contributed by atoms with Crippen LogP contribution in [0.2, 0.25) is 0 Å². The van der Waals surface area contributed by atoms with Crippen molar-refractivity contribution in [2.24, 2.45) is 0 Å². The molecule has 1 atom stereocenters. The lowest BCUT2D eigenvalue weighted by molar-refractivity contribution is -0.140. The zero-order valence-corrected chi connectivity index (χ0v) is 25.8. The molecular formula is C35H39N3O4S. The summed E-state index contributed by atoms with van der Waals surface area (Å²) in [4.78, 5) is 29.6. The Kier molecular flexibility index (Phi) is 10.7. The molecule has 0 saturated heterocycles. The standard InChI is InChI=1S/C35H39N3O4S/c1-4-28-19-21-31(22-20-28)38(43(41,42)32-17-10-7-11-18-32)26-34(39)37(25-30-16-12-13-27(3)23-30)33(35(40)36-5-2)24-29-14-8-6-9-15-29/h6-23,33H,4-5,24-26H2,1-3H3,(H,36,40)/t33-/m1/s1. The average Bonchev–Trinajstić information content (AvgIpc) is 3.02. The van der Waals surface area contributed by atoms with E-state index in [0.29, 0.717) is 12.2 Å². The van der Waals surface area contributed by atoms with Crippen molar-refractivity contribution in [1.82, 2.24) is 10.2 Å². The van der Waals surface area contributed by atoms with E-state index in [-0.39, 0.29) is 23.8 Å². The molecule has 0 unspecified atom stereocenters. The van der Waals surface area contributed by atoms with Gasteiger partial charge in [0.1, 0.15) is 12.6 Å². The number of benzene rings is 4. The highest BCUT2D eigenvalue weighted by molar-refractivity contribution is 7.92. The summed E-state index contributed by atoms with van der Waals surface area (Å²) in [6.07, 6.45) is 1.07. The summed E-state index contributed by atoms with van der Waals surface area (Å²) in [5, 5.41) is 2.89. The number of hydrogen-bond acceptors (Lipinski definition) is 4. The molecule has 7 nitrogen and oxygen atoms in total. The number of carbonyl (C=O) groups excluding carboxylic acids is 2. The molecule has 0 aliphatic heterocycles. The van der Waals surface area contributed by atoms with E-state index in [1.807, 2.05) is 87.5 Å². The number of carbonyl (C=O) groups is 2. The van der Waals surface area contributed by atoms with E-state index < -0.39 is 28.5 Å². The number of likely N-dealkylation sites (N-methyl/N-ethyl adjacent to an activating group) is 1. The number of sulfonamides is 1. The minimum atomic E-state index is -4.11. The molecule has 0 spiro atoms. The summed E-state index contributed by atoms with van der Waals surface area (Å²) in [5.74, 6) is -0.773. The molecule has 43 heavy (non-hydrogen) atoms. The van der Waals surface area contributed by atoms with E-state index in [0.717, 1.165) is 33.0 Å². The number of amides is 2. The van der Waals surface area contributed by atoms with Gasteiger partial charge in [0.05, 0.1) is 10.6 Å². The van der Waals surface area contributed by atoms with E-state index in [1.54, 1.807) is 30.3 Å². The van der Waals surface area contributed by atoms with E-state index >= 15 is 0 Å². The van der Waals surface area contributed by atoms with E-state index in [2.05, 4.69) is 5.32 Å². The van der Waals surface area contributed by atoms with Crippen molar-refractivity contribution in [2.75, 3.05) is 17.4 Å². The fourth-order valence-corrected chi connectivity index (χ4v) is 6.43. The quantitative estimate of drug-likeness (QED) is 0.220. The van der Waals surface area contributed by atoms with Crippen LogP contribution in [0.25, 0.3) is 0 Å². The van der Waals surface area contributed by atoms with Crippen molar-refractivity contribution in [3.63, 3.8) is 0 Å². The first-order chi connectivity index (χ1) is 20.7. The van der Waals surface area contributed by atoms with Crippen LogP contribution < -0.4 is 9.62 Å². The van der Waals surface area contributed by atoms with Gasteiger partial charge in [-0.3, -0.25) is 13.9 Å². The molecule has 0 radical (unpaired) electrons. The van der Waals surface area contributed by atoms with Crippen molar-refractivity contribution in [3.05, 3.63) is 131 Å². The summed E-state index contributed by atoms with van der Waals surface area (Å²) in [6.45, 7) is 5.89. The second-order valence-electron chi connectivity index (χ2n) is 10.5. The molecule has 4 aromatic carbocycles. The van der Waals surface area contributed by atoms with Gasteiger partial charge in [-0.2, -0.15) is 0 Å². The Labute approximate surface area is 255 Å². The van der Waals surface area contributed by atoms with Crippen LogP contribution in [-0.4, -0.2) is 44.3 Å². The van der Waals surface area contributed by atoms with Crippen LogP contribution >= 0.6 is 0 Å². The number of aryl methyl sites for hydroxylation is 2. The van der Waals surface area contributed by atoms with Crippen LogP contribution in [0.5, 0.6) is 0 Å². The SMILES string of the molecule is CCNC(=O)[C@@H](Cc1ccccc1)N(Cc1cccc(C)c1)C(=O)CN(c1ccc(CC)cc1)S(=O)(=O)c1ccccc1. The summed E-state index contributed by atoms with van der Waals surface area (Å²) >= 11 is 0. The van der Waals surface area contributed by atoms with Gasteiger partial charge in [0, 0.05) is 19.5 Å². The summed E-state index contributed by atoms with van der Waals surface area (Å²) < 4.78 is 29.2. The lowest BCUT2D eigenvalue weighted by atomic mass is 10.0. The van der Waals surface area contributed by atoms with Crippen molar-refractivity contribution in [1.29, 1.82) is 0 Å². The first-order valence-corrected chi connectivity index (χ1v) is 16.0. The zero-order valence-electron chi connectivity index (χ0n) is 24.9. The van der Waals surface area contributed by atoms with E-state index in [1.165, 1.54) is 17.0 Å². The first kappa shape index (κ1) is 31.5. The Hall–Kier alpha value is -4.43. The highest BCUT2D eigenvalue weighted by Gasteiger charge is 2.34. The van der Waals surface area contributed by atoms with Gasteiger partial charge in [0.25, 0.3) is 10.0 Å². The van der Waals surface area contributed by atoms with Crippen molar-refractivity contribution in [3.8, 4) is 0 Å². The minimum Gasteiger partial charge on any atom is -0.355 e. The molecular weight excluding hydrogens is 558 g/mol. The molecule has 0 aliphatic carbocycles. The lowest BCUT2D eigenvalue weighted by Crippen LogP contribution is -2.53. The first-order valence-electron chi connectivity index (χ1n) is 14.6. The van der Waals surface area contributed by atoms with Gasteiger partial charge >= 0.3 is 0 Å². The molecule has 4 rings (SSSR count). The minimum absolute atomic E-state index is 0.0807. The van der Waals surface area contributed by atoms with Crippen molar-refractivity contribution < 1.29 is 18.0 Å². The second kappa shape index (κ2) is 14.6. The molecule has 0 saturated carbocycles. The fourth-order valence-electron chi connectivity index (χ4n) is 5.00. The Morgan fingerprint density at radius 2 is 1.40 bits per heavy atom. The molecule has 0 aromatic heterocycles. The van der Waals surface area contributed by atoms with Crippen LogP contribution in [0.15, 0.2) is 114 Å². The molecule has 0 aliphatic rings. The Balaban J connectivity index is 1.79. The van der Waals surface area contributed by atoms with Gasteiger partial charge in [-0.25, -0.2) is 8.42 Å². The number of rotatable bonds is 13. The summed E-state index contributed by atoms with van der Waals surface area (Å²) in [5.41, 5.74) is 4.19. The maximum Gasteiger partial charge on any atom is 0.264 e. The molecule has 0 heterocycles. The average molecular weight is 598 g/mol. The van der Waals surface area contributed by atoms with Crippen LogP contribution in [0.4, 0.5) is 5.69 Å². The van der Waals surface area contributed by atoms with E-state index in [9.17, 15) is 18.0 Å². The number of nitrogens with one attached hydrogen (secondary N) is 1. The lowest BCUT2D eigenvalue weighted by Gasteiger charge is -2.34. The van der Waals surface area contributed by atoms with E-state index in [4.69, 9.17) is 0 Å². The number of nitrogens with zero attached hydrogens (tertiary/aromatic N) is 2. The third kappa shape index (κ3) is 8.11. The van der Waals surface area contributed by atoms with Gasteiger partial charge in [-0.15, -0.1) is 0 Å². The van der Waals surface area contributed by atoms with Gasteiger partial charge < -0.3 is 10.2 Å². The monoisotopic (exact) mass is 597 g/mol. The predicted molar refractivity (Wildman–Crippen MR) is 171 cm³/mol. The van der Waals surface area contributed by atoms with Gasteiger partial charge in [0.15, 0.2) is 0 Å². The van der Waals surface area contributed by atoms with Gasteiger partial charge in [-0.1, -0.05) is 97.4 Å². The smallest absolute Gasteiger partial charge is 0.264 e. The predicted octanol–water partition coefficient (Wildman–Crippen LogP) is 5.53. The summed E-state index contributed by atoms with van der Waals surface area (Å²) in [7, 11) is -4.11. The van der Waals surface area contributed by atoms with Crippen LogP contribution in [0.3, 0.4) is 0 Å². The van der Waals surface area contributed by atoms with Crippen molar-refractivity contribution >= 4 is 27.5 Å². The molecule has 1 N–H and O–H groups in total. The van der Waals surface area contributed by atoms with Crippen LogP contribution in [0, 0.1) is 6.92 Å². The van der Waals surface area contributed by atoms with Gasteiger partial charge in [0.2, 0.25) is 11.8 Å². The Morgan fingerprint density at radius 3 is 2.00 bits per heavy atom. The molecule has 4 aromatic rings. The third-order valence-electron chi connectivity index (χ3n) is 7.30. The normalized spacial score (nSPS) is 11.9. The number of anilines is 1. The Morgan fingerprint density at radius 1 is 0.767 bits per heavy atom. The largest absolute Gasteiger partial charge is 0.355 e. The Bertz CT molecular complexity index is 1610. The second-order valence-corrected chi connectivity index (χ2v) is 12.3. The molecule has 0 fully saturated rings. The molecule has 8 heteroatoms. The topological polar surface area (TPSA) is 86.8 Å². The zero-order chi connectivity index (χ0) is 30.8. The van der Waals surface area contributed by atoms with Gasteiger partial charge in [-0.05, 0) is 61.2 Å². The number of hydrogen-bond donors (Lipinski definition) is 1. The molecule has 0 bridgehead atoms.